The molecule has 2 aromatic rings. The predicted octanol–water partition coefficient (Wildman–Crippen LogP) is 1.97. The number of nitrogens with one attached hydrogen (secondary N) is 2. The van der Waals surface area contributed by atoms with Crippen LogP contribution in [-0.4, -0.2) is 20.4 Å². The molecular weight excluding hydrogens is 282 g/mol. The Hall–Kier alpha value is -1.44. The molecule has 5 nitrogen and oxygen atoms in total. The van der Waals surface area contributed by atoms with Crippen molar-refractivity contribution in [2.24, 2.45) is 0 Å². The first-order valence-corrected chi connectivity index (χ1v) is 8.05. The Morgan fingerprint density at radius 1 is 1.26 bits per heavy atom. The van der Waals surface area contributed by atoms with Crippen LogP contribution in [0.3, 0.4) is 0 Å². The van der Waals surface area contributed by atoms with Gasteiger partial charge in [0.05, 0.1) is 16.1 Å². The molecule has 0 saturated heterocycles. The number of aromatic nitrogens is 1. The van der Waals surface area contributed by atoms with Gasteiger partial charge < -0.3 is 5.32 Å². The fourth-order valence-electron chi connectivity index (χ4n) is 1.54. The first-order chi connectivity index (χ1) is 9.03. The van der Waals surface area contributed by atoms with Crippen LogP contribution in [0.2, 0.25) is 0 Å². The summed E-state index contributed by atoms with van der Waals surface area (Å²) in [5.74, 6) is 0. The summed E-state index contributed by atoms with van der Waals surface area (Å²) < 4.78 is 26.8. The number of thiazole rings is 1. The van der Waals surface area contributed by atoms with E-state index >= 15 is 0 Å². The number of rotatable bonds is 5. The summed E-state index contributed by atoms with van der Waals surface area (Å²) in [7, 11) is -1.69. The summed E-state index contributed by atoms with van der Waals surface area (Å²) in [6, 6.07) is 6.61. The molecule has 2 rings (SSSR count). The van der Waals surface area contributed by atoms with E-state index in [1.54, 1.807) is 36.8 Å². The molecule has 0 unspecified atom stereocenters. The van der Waals surface area contributed by atoms with Crippen LogP contribution < -0.4 is 10.0 Å². The van der Waals surface area contributed by atoms with Gasteiger partial charge in [-0.25, -0.2) is 18.1 Å². The van der Waals surface area contributed by atoms with Crippen LogP contribution in [0, 0.1) is 6.92 Å². The standard InChI is InChI=1S/C12H15N3O2S2/c1-9-12(18-8-14-9)7-15-19(16,17)11-5-3-10(13-2)4-6-11/h3-6,8,13,15H,7H2,1-2H3. The molecule has 0 spiro atoms. The minimum Gasteiger partial charge on any atom is -0.388 e. The largest absolute Gasteiger partial charge is 0.388 e. The molecule has 0 radical (unpaired) electrons. The Labute approximate surface area is 116 Å². The molecule has 0 bridgehead atoms. The summed E-state index contributed by atoms with van der Waals surface area (Å²) in [5.41, 5.74) is 3.44. The van der Waals surface area contributed by atoms with Gasteiger partial charge in [-0.3, -0.25) is 0 Å². The lowest BCUT2D eigenvalue weighted by Gasteiger charge is -2.07. The van der Waals surface area contributed by atoms with E-state index in [-0.39, 0.29) is 11.4 Å². The number of benzene rings is 1. The van der Waals surface area contributed by atoms with Gasteiger partial charge in [0, 0.05) is 24.2 Å². The van der Waals surface area contributed by atoms with E-state index in [9.17, 15) is 8.42 Å². The second kappa shape index (κ2) is 5.68. The maximum absolute atomic E-state index is 12.1. The molecule has 102 valence electrons. The van der Waals surface area contributed by atoms with E-state index in [4.69, 9.17) is 0 Å². The summed E-state index contributed by atoms with van der Waals surface area (Å²) in [6.45, 7) is 2.13. The highest BCUT2D eigenvalue weighted by Crippen LogP contribution is 2.16. The Balaban J connectivity index is 2.11. The second-order valence-electron chi connectivity index (χ2n) is 3.96. The van der Waals surface area contributed by atoms with E-state index in [1.807, 2.05) is 6.92 Å². The van der Waals surface area contributed by atoms with Gasteiger partial charge in [-0.1, -0.05) is 0 Å². The van der Waals surface area contributed by atoms with Crippen molar-refractivity contribution in [1.29, 1.82) is 0 Å². The molecule has 0 aliphatic rings. The van der Waals surface area contributed by atoms with E-state index in [0.29, 0.717) is 0 Å². The monoisotopic (exact) mass is 297 g/mol. The van der Waals surface area contributed by atoms with Gasteiger partial charge >= 0.3 is 0 Å². The Kier molecular flexibility index (Phi) is 4.18. The average molecular weight is 297 g/mol. The van der Waals surface area contributed by atoms with Gasteiger partial charge in [0.1, 0.15) is 0 Å². The number of anilines is 1. The van der Waals surface area contributed by atoms with Crippen molar-refractivity contribution in [3.8, 4) is 0 Å². The van der Waals surface area contributed by atoms with Crippen LogP contribution in [0.4, 0.5) is 5.69 Å². The molecule has 1 heterocycles. The first-order valence-electron chi connectivity index (χ1n) is 5.69. The maximum Gasteiger partial charge on any atom is 0.240 e. The maximum atomic E-state index is 12.1. The lowest BCUT2D eigenvalue weighted by molar-refractivity contribution is 0.581. The van der Waals surface area contributed by atoms with Crippen molar-refractivity contribution < 1.29 is 8.42 Å². The number of sulfonamides is 1. The Morgan fingerprint density at radius 3 is 2.47 bits per heavy atom. The van der Waals surface area contributed by atoms with Crippen molar-refractivity contribution in [3.63, 3.8) is 0 Å². The molecule has 1 aromatic carbocycles. The summed E-state index contributed by atoms with van der Waals surface area (Å²) in [4.78, 5) is 5.27. The molecule has 19 heavy (non-hydrogen) atoms. The van der Waals surface area contributed by atoms with Gasteiger partial charge in [0.15, 0.2) is 0 Å². The molecule has 1 aromatic heterocycles. The number of nitrogens with zero attached hydrogens (tertiary/aromatic N) is 1. The third kappa shape index (κ3) is 3.31. The van der Waals surface area contributed by atoms with Gasteiger partial charge in [-0.15, -0.1) is 11.3 Å². The van der Waals surface area contributed by atoms with Crippen molar-refractivity contribution in [3.05, 3.63) is 40.3 Å². The molecular formula is C12H15N3O2S2. The highest BCUT2D eigenvalue weighted by atomic mass is 32.2. The zero-order valence-electron chi connectivity index (χ0n) is 10.7. The van der Waals surface area contributed by atoms with Crippen LogP contribution in [0.15, 0.2) is 34.7 Å². The fourth-order valence-corrected chi connectivity index (χ4v) is 3.34. The molecule has 0 saturated carbocycles. The van der Waals surface area contributed by atoms with Crippen LogP contribution in [0.1, 0.15) is 10.6 Å². The van der Waals surface area contributed by atoms with Gasteiger partial charge in [-0.05, 0) is 31.2 Å². The molecule has 0 atom stereocenters. The summed E-state index contributed by atoms with van der Waals surface area (Å²) in [5, 5.41) is 2.95. The number of hydrogen-bond donors (Lipinski definition) is 2. The SMILES string of the molecule is CNc1ccc(S(=O)(=O)NCc2scnc2C)cc1. The zero-order valence-corrected chi connectivity index (χ0v) is 12.3. The van der Waals surface area contributed by atoms with Crippen molar-refractivity contribution in [2.45, 2.75) is 18.4 Å². The normalized spacial score (nSPS) is 11.5. The van der Waals surface area contributed by atoms with Crippen LogP contribution in [-0.2, 0) is 16.6 Å². The molecule has 0 amide bonds. The Morgan fingerprint density at radius 2 is 1.95 bits per heavy atom. The van der Waals surface area contributed by atoms with Crippen molar-refractivity contribution >= 4 is 27.0 Å². The molecule has 0 fully saturated rings. The van der Waals surface area contributed by atoms with Gasteiger partial charge in [0.25, 0.3) is 0 Å². The smallest absolute Gasteiger partial charge is 0.240 e. The molecule has 2 N–H and O–H groups in total. The molecule has 0 aliphatic heterocycles. The quantitative estimate of drug-likeness (QED) is 0.885. The third-order valence-electron chi connectivity index (χ3n) is 2.72. The lowest BCUT2D eigenvalue weighted by Crippen LogP contribution is -2.23. The van der Waals surface area contributed by atoms with Crippen molar-refractivity contribution in [1.82, 2.24) is 9.71 Å². The highest BCUT2D eigenvalue weighted by molar-refractivity contribution is 7.89. The summed E-state index contributed by atoms with van der Waals surface area (Å²) >= 11 is 1.44. The Bertz CT molecular complexity index is 648. The molecule has 0 aliphatic carbocycles. The number of hydrogen-bond acceptors (Lipinski definition) is 5. The van der Waals surface area contributed by atoms with E-state index in [1.165, 1.54) is 11.3 Å². The average Bonchev–Trinajstić information content (AvgIpc) is 2.82. The van der Waals surface area contributed by atoms with Crippen molar-refractivity contribution in [2.75, 3.05) is 12.4 Å². The number of aryl methyl sites for hydroxylation is 1. The fraction of sp³-hybridized carbons (Fsp3) is 0.250. The highest BCUT2D eigenvalue weighted by Gasteiger charge is 2.14. The third-order valence-corrected chi connectivity index (χ3v) is 5.07. The second-order valence-corrected chi connectivity index (χ2v) is 6.67. The predicted molar refractivity (Wildman–Crippen MR) is 76.9 cm³/mol. The summed E-state index contributed by atoms with van der Waals surface area (Å²) in [6.07, 6.45) is 0. The van der Waals surface area contributed by atoms with E-state index in [2.05, 4.69) is 15.0 Å². The zero-order chi connectivity index (χ0) is 13.9. The topological polar surface area (TPSA) is 71.1 Å². The minimum atomic E-state index is -3.48. The van der Waals surface area contributed by atoms with E-state index in [0.717, 1.165) is 16.3 Å². The van der Waals surface area contributed by atoms with Gasteiger partial charge in [-0.2, -0.15) is 0 Å². The van der Waals surface area contributed by atoms with Crippen LogP contribution in [0.5, 0.6) is 0 Å². The molecule has 7 heteroatoms. The van der Waals surface area contributed by atoms with Crippen LogP contribution >= 0.6 is 11.3 Å². The lowest BCUT2D eigenvalue weighted by atomic mass is 10.3. The minimum absolute atomic E-state index is 0.258. The van der Waals surface area contributed by atoms with Crippen LogP contribution in [0.25, 0.3) is 0 Å². The van der Waals surface area contributed by atoms with Gasteiger partial charge in [0.2, 0.25) is 10.0 Å². The first kappa shape index (κ1) is 14.0. The van der Waals surface area contributed by atoms with E-state index < -0.39 is 10.0 Å².